The van der Waals surface area contributed by atoms with Crippen molar-refractivity contribution >= 4 is 21.6 Å². The average Bonchev–Trinajstić information content (AvgIpc) is 3.06. The Balaban J connectivity index is 1.98. The number of aryl methyl sites for hydroxylation is 2. The molecule has 2 aliphatic rings. The molecule has 0 heterocycles. The van der Waals surface area contributed by atoms with Crippen LogP contribution in [-0.4, -0.2) is 23.5 Å². The lowest BCUT2D eigenvalue weighted by molar-refractivity contribution is 0.260. The summed E-state index contributed by atoms with van der Waals surface area (Å²) in [5, 5.41) is 2.91. The van der Waals surface area contributed by atoms with Gasteiger partial charge in [0.25, 0.3) is 0 Å². The molecule has 0 spiro atoms. The molecule has 2 amide bonds. The molecule has 0 saturated heterocycles. The predicted octanol–water partition coefficient (Wildman–Crippen LogP) is 2.43. The molecule has 0 fully saturated rings. The van der Waals surface area contributed by atoms with Crippen LogP contribution in [0.15, 0.2) is 10.4 Å². The van der Waals surface area contributed by atoms with Gasteiger partial charge in [-0.1, -0.05) is 6.07 Å². The van der Waals surface area contributed by atoms with Crippen molar-refractivity contribution < 1.29 is 9.00 Å². The zero-order valence-electron chi connectivity index (χ0n) is 12.5. The minimum absolute atomic E-state index is 0.522. The smallest absolute Gasteiger partial charge is 0.305 e. The van der Waals surface area contributed by atoms with Crippen molar-refractivity contribution in [2.24, 2.45) is 4.36 Å². The number of hydrogen-bond donors (Lipinski definition) is 2. The second-order valence-corrected chi connectivity index (χ2v) is 7.96. The summed E-state index contributed by atoms with van der Waals surface area (Å²) in [5.74, 6) is 0. The molecule has 6 heteroatoms. The first kappa shape index (κ1) is 14.5. The highest BCUT2D eigenvalue weighted by molar-refractivity contribution is 7.91. The molecule has 114 valence electrons. The van der Waals surface area contributed by atoms with E-state index in [4.69, 9.17) is 0 Å². The molecule has 0 aliphatic heterocycles. The third-order valence-electron chi connectivity index (χ3n) is 4.34. The number of nitrogens with zero attached hydrogens (tertiary/aromatic N) is 1. The first-order valence-corrected chi connectivity index (χ1v) is 9.30. The average molecular weight is 307 g/mol. The Bertz CT molecular complexity index is 686. The Hall–Kier alpha value is -1.40. The van der Waals surface area contributed by atoms with Gasteiger partial charge in [-0.25, -0.2) is 13.7 Å². The molecule has 2 aliphatic carbocycles. The largest absolute Gasteiger partial charge is 0.354 e. The van der Waals surface area contributed by atoms with Crippen LogP contribution in [0.3, 0.4) is 0 Å². The van der Waals surface area contributed by atoms with E-state index in [1.165, 1.54) is 35.6 Å². The molecule has 1 aromatic rings. The van der Waals surface area contributed by atoms with Crippen molar-refractivity contribution in [2.75, 3.05) is 18.6 Å². The van der Waals surface area contributed by atoms with Crippen molar-refractivity contribution in [3.63, 3.8) is 0 Å². The Morgan fingerprint density at radius 1 is 1.14 bits per heavy atom. The van der Waals surface area contributed by atoms with Crippen LogP contribution in [0.25, 0.3) is 0 Å². The van der Waals surface area contributed by atoms with Crippen LogP contribution >= 0.6 is 0 Å². The van der Waals surface area contributed by atoms with Crippen molar-refractivity contribution in [2.45, 2.75) is 38.5 Å². The summed E-state index contributed by atoms with van der Waals surface area (Å²) in [5.41, 5.74) is 6.17. The number of benzene rings is 1. The van der Waals surface area contributed by atoms with Crippen molar-refractivity contribution in [3.8, 4) is 0 Å². The van der Waals surface area contributed by atoms with Gasteiger partial charge in [0.1, 0.15) is 9.92 Å². The van der Waals surface area contributed by atoms with Crippen LogP contribution < -0.4 is 10.0 Å². The zero-order valence-corrected chi connectivity index (χ0v) is 13.3. The maximum absolute atomic E-state index is 12.1. The lowest BCUT2D eigenvalue weighted by Gasteiger charge is -2.15. The van der Waals surface area contributed by atoms with Crippen LogP contribution in [0.2, 0.25) is 0 Å². The minimum Gasteiger partial charge on any atom is -0.305 e. The Kier molecular flexibility index (Phi) is 3.75. The number of nitrogens with one attached hydrogen (secondary N) is 2. The third-order valence-corrected chi connectivity index (χ3v) is 5.61. The highest BCUT2D eigenvalue weighted by atomic mass is 32.2. The number of rotatable bonds is 2. The predicted molar refractivity (Wildman–Crippen MR) is 85.1 cm³/mol. The van der Waals surface area contributed by atoms with E-state index in [-0.39, 0.29) is 0 Å². The first-order chi connectivity index (χ1) is 10.00. The maximum atomic E-state index is 12.1. The monoisotopic (exact) mass is 307 g/mol. The van der Waals surface area contributed by atoms with Crippen LogP contribution in [0.4, 0.5) is 10.5 Å². The summed E-state index contributed by atoms with van der Waals surface area (Å²) in [6.07, 6.45) is 7.88. The van der Waals surface area contributed by atoms with E-state index in [2.05, 4.69) is 20.5 Å². The lowest BCUT2D eigenvalue weighted by Crippen LogP contribution is -2.20. The molecule has 0 aromatic heterocycles. The number of amides is 2. The molecule has 0 saturated carbocycles. The quantitative estimate of drug-likeness (QED) is 0.881. The van der Waals surface area contributed by atoms with Gasteiger partial charge in [0.15, 0.2) is 0 Å². The zero-order chi connectivity index (χ0) is 15.0. The summed E-state index contributed by atoms with van der Waals surface area (Å²) >= 11 is 0. The summed E-state index contributed by atoms with van der Waals surface area (Å²) in [6, 6.07) is 1.79. The van der Waals surface area contributed by atoms with Gasteiger partial charge in [0.2, 0.25) is 0 Å². The SMILES string of the molecule is CN[S@@](C)(=O)=NC(=O)Nc1c2c(cc3c1CCC3)CCC2. The Labute approximate surface area is 125 Å². The molecule has 3 rings (SSSR count). The molecule has 1 atom stereocenters. The van der Waals surface area contributed by atoms with Crippen LogP contribution in [0.5, 0.6) is 0 Å². The second-order valence-electron chi connectivity index (χ2n) is 5.76. The van der Waals surface area contributed by atoms with Gasteiger partial charge in [-0.05, 0) is 67.8 Å². The van der Waals surface area contributed by atoms with Crippen LogP contribution in [0, 0.1) is 0 Å². The number of carbonyl (C=O) groups excluding carboxylic acids is 1. The van der Waals surface area contributed by atoms with E-state index in [0.717, 1.165) is 44.2 Å². The Morgan fingerprint density at radius 2 is 1.71 bits per heavy atom. The molecule has 2 N–H and O–H groups in total. The first-order valence-electron chi connectivity index (χ1n) is 7.38. The number of hydrogen-bond acceptors (Lipinski definition) is 2. The van der Waals surface area contributed by atoms with Gasteiger partial charge < -0.3 is 5.32 Å². The number of fused-ring (bicyclic) bond motifs is 2. The fourth-order valence-corrected chi connectivity index (χ4v) is 3.75. The fourth-order valence-electron chi connectivity index (χ4n) is 3.30. The number of carbonyl (C=O) groups is 1. The van der Waals surface area contributed by atoms with E-state index in [1.54, 1.807) is 0 Å². The molecule has 1 aromatic carbocycles. The molecule has 21 heavy (non-hydrogen) atoms. The minimum atomic E-state index is -2.65. The summed E-state index contributed by atoms with van der Waals surface area (Å²) in [6.45, 7) is 0. The fraction of sp³-hybridized carbons (Fsp3) is 0.533. The van der Waals surface area contributed by atoms with Gasteiger partial charge in [-0.3, -0.25) is 0 Å². The standard InChI is InChI=1S/C15H21N3O2S/c1-16-21(2,20)18-15(19)17-14-12-7-3-5-10(12)9-11-6-4-8-13(11)14/h9H,3-8H2,1-2H3,(H2,16,17,18,19,20)/t21-/m1/s1. The molecular formula is C15H21N3O2S. The van der Waals surface area contributed by atoms with E-state index in [1.807, 2.05) is 0 Å². The summed E-state index contributed by atoms with van der Waals surface area (Å²) < 4.78 is 18.2. The van der Waals surface area contributed by atoms with E-state index in [9.17, 15) is 9.00 Å². The van der Waals surface area contributed by atoms with E-state index in [0.29, 0.717) is 0 Å². The maximum Gasteiger partial charge on any atom is 0.354 e. The van der Waals surface area contributed by atoms with Crippen LogP contribution in [0.1, 0.15) is 35.1 Å². The van der Waals surface area contributed by atoms with Gasteiger partial charge in [-0.2, -0.15) is 0 Å². The van der Waals surface area contributed by atoms with Crippen molar-refractivity contribution in [3.05, 3.63) is 28.3 Å². The normalized spacial score (nSPS) is 18.8. The molecule has 0 radical (unpaired) electrons. The van der Waals surface area contributed by atoms with E-state index >= 15 is 0 Å². The van der Waals surface area contributed by atoms with Crippen LogP contribution in [-0.2, 0) is 35.6 Å². The highest BCUT2D eigenvalue weighted by Gasteiger charge is 2.25. The summed E-state index contributed by atoms with van der Waals surface area (Å²) in [7, 11) is -1.12. The van der Waals surface area contributed by atoms with E-state index < -0.39 is 15.9 Å². The van der Waals surface area contributed by atoms with Gasteiger partial charge in [-0.15, -0.1) is 4.36 Å². The van der Waals surface area contributed by atoms with Crippen molar-refractivity contribution in [1.29, 1.82) is 0 Å². The third kappa shape index (κ3) is 2.82. The number of urea groups is 1. The molecule has 0 bridgehead atoms. The highest BCUT2D eigenvalue weighted by Crippen LogP contribution is 2.38. The Morgan fingerprint density at radius 3 is 2.24 bits per heavy atom. The van der Waals surface area contributed by atoms with Gasteiger partial charge in [0.05, 0.1) is 0 Å². The second kappa shape index (κ2) is 5.42. The van der Waals surface area contributed by atoms with Gasteiger partial charge >= 0.3 is 6.03 Å². The van der Waals surface area contributed by atoms with Crippen molar-refractivity contribution in [1.82, 2.24) is 4.72 Å². The molecule has 5 nitrogen and oxygen atoms in total. The lowest BCUT2D eigenvalue weighted by atomic mass is 9.99. The molecular weight excluding hydrogens is 286 g/mol. The molecule has 0 unspecified atom stereocenters. The summed E-state index contributed by atoms with van der Waals surface area (Å²) in [4.78, 5) is 12.1. The number of anilines is 1. The van der Waals surface area contributed by atoms with Gasteiger partial charge in [0, 0.05) is 11.9 Å². The topological polar surface area (TPSA) is 70.6 Å².